The van der Waals surface area contributed by atoms with Crippen molar-refractivity contribution in [1.29, 1.82) is 0 Å². The Hall–Kier alpha value is 0.384. The molecule has 0 atom stereocenters. The molecule has 0 saturated carbocycles. The van der Waals surface area contributed by atoms with Crippen molar-refractivity contribution < 1.29 is 26.5 Å². The van der Waals surface area contributed by atoms with E-state index in [0.29, 0.717) is 0 Å². The van der Waals surface area contributed by atoms with Crippen LogP contribution >= 0.6 is 0 Å². The Labute approximate surface area is 104 Å². The molecule has 0 saturated heterocycles. The van der Waals surface area contributed by atoms with Gasteiger partial charge in [0.15, 0.2) is 0 Å². The molecule has 0 bridgehead atoms. The van der Waals surface area contributed by atoms with E-state index in [0.717, 1.165) is 25.0 Å². The molecule has 0 aromatic carbocycles. The Bertz CT molecular complexity index is 107. The fraction of sp³-hybridized carbons (Fsp3) is 0.917. The van der Waals surface area contributed by atoms with Crippen molar-refractivity contribution in [2.24, 2.45) is 5.92 Å². The SMILES string of the molecule is CCCCC(CCC=O)CCCC.[Ti]. The number of carbonyl (C=O) groups is 1. The smallest absolute Gasteiger partial charge is 0.120 e. The van der Waals surface area contributed by atoms with Gasteiger partial charge in [-0.15, -0.1) is 0 Å². The van der Waals surface area contributed by atoms with Crippen LogP contribution in [0.1, 0.15) is 65.2 Å². The maximum atomic E-state index is 10.3. The fourth-order valence-electron chi connectivity index (χ4n) is 1.72. The number of hydrogen-bond acceptors (Lipinski definition) is 1. The van der Waals surface area contributed by atoms with Crippen LogP contribution < -0.4 is 0 Å². The standard InChI is InChI=1S/C12H24O.Ti/c1-3-5-8-12(9-6-4-2)10-7-11-13;/h11-12H,3-10H2,1-2H3;. The number of rotatable bonds is 9. The van der Waals surface area contributed by atoms with E-state index in [-0.39, 0.29) is 21.7 Å². The van der Waals surface area contributed by atoms with Crippen molar-refractivity contribution in [1.82, 2.24) is 0 Å². The molecule has 82 valence electrons. The number of aldehydes is 1. The normalized spacial score (nSPS) is 9.93. The van der Waals surface area contributed by atoms with Gasteiger partial charge >= 0.3 is 0 Å². The molecule has 0 heterocycles. The van der Waals surface area contributed by atoms with Crippen LogP contribution in [0.25, 0.3) is 0 Å². The first-order chi connectivity index (χ1) is 6.35. The molecular weight excluding hydrogens is 208 g/mol. The van der Waals surface area contributed by atoms with E-state index in [2.05, 4.69) is 13.8 Å². The van der Waals surface area contributed by atoms with E-state index < -0.39 is 0 Å². The third-order valence-corrected chi connectivity index (χ3v) is 2.62. The predicted molar refractivity (Wildman–Crippen MR) is 57.8 cm³/mol. The first-order valence-electron chi connectivity index (χ1n) is 5.78. The summed E-state index contributed by atoms with van der Waals surface area (Å²) in [6.07, 6.45) is 10.8. The molecule has 0 fully saturated rings. The molecule has 0 N–H and O–H groups in total. The molecule has 0 radical (unpaired) electrons. The van der Waals surface area contributed by atoms with Gasteiger partial charge < -0.3 is 4.79 Å². The molecule has 0 rings (SSSR count). The average Bonchev–Trinajstić information content (AvgIpc) is 2.17. The summed E-state index contributed by atoms with van der Waals surface area (Å²) < 4.78 is 0. The summed E-state index contributed by atoms with van der Waals surface area (Å²) in [6, 6.07) is 0. The number of hydrogen-bond donors (Lipinski definition) is 0. The van der Waals surface area contributed by atoms with Crippen LogP contribution in [0.4, 0.5) is 0 Å². The molecule has 0 aliphatic carbocycles. The van der Waals surface area contributed by atoms with E-state index in [1.54, 1.807) is 0 Å². The van der Waals surface area contributed by atoms with Gasteiger partial charge in [-0.3, -0.25) is 0 Å². The van der Waals surface area contributed by atoms with Crippen molar-refractivity contribution in [3.8, 4) is 0 Å². The summed E-state index contributed by atoms with van der Waals surface area (Å²) in [4.78, 5) is 10.3. The van der Waals surface area contributed by atoms with Gasteiger partial charge in [0.2, 0.25) is 0 Å². The van der Waals surface area contributed by atoms with Crippen LogP contribution in [0.2, 0.25) is 0 Å². The second kappa shape index (κ2) is 13.4. The van der Waals surface area contributed by atoms with Gasteiger partial charge in [-0.2, -0.15) is 0 Å². The van der Waals surface area contributed by atoms with E-state index in [9.17, 15) is 4.79 Å². The van der Waals surface area contributed by atoms with Crippen molar-refractivity contribution in [3.05, 3.63) is 0 Å². The van der Waals surface area contributed by atoms with Gasteiger partial charge in [0.25, 0.3) is 0 Å². The molecule has 14 heavy (non-hydrogen) atoms. The zero-order chi connectivity index (χ0) is 9.94. The molecule has 1 nitrogen and oxygen atoms in total. The Morgan fingerprint density at radius 2 is 1.50 bits per heavy atom. The summed E-state index contributed by atoms with van der Waals surface area (Å²) in [5.41, 5.74) is 0. The maximum Gasteiger partial charge on any atom is 0.120 e. The molecule has 0 spiro atoms. The van der Waals surface area contributed by atoms with Crippen LogP contribution in [-0.2, 0) is 26.5 Å². The van der Waals surface area contributed by atoms with Crippen molar-refractivity contribution in [2.45, 2.75) is 65.2 Å². The molecule has 0 aliphatic rings. The molecular formula is C12H24OTi. The van der Waals surface area contributed by atoms with Crippen LogP contribution in [0.3, 0.4) is 0 Å². The maximum absolute atomic E-state index is 10.3. The molecule has 0 aliphatic heterocycles. The zero-order valence-electron chi connectivity index (χ0n) is 9.72. The average molecular weight is 232 g/mol. The summed E-state index contributed by atoms with van der Waals surface area (Å²) >= 11 is 0. The summed E-state index contributed by atoms with van der Waals surface area (Å²) in [5, 5.41) is 0. The summed E-state index contributed by atoms with van der Waals surface area (Å²) in [6.45, 7) is 4.47. The summed E-state index contributed by atoms with van der Waals surface area (Å²) in [7, 11) is 0. The van der Waals surface area contributed by atoms with Crippen molar-refractivity contribution in [3.63, 3.8) is 0 Å². The second-order valence-electron chi connectivity index (χ2n) is 3.89. The van der Waals surface area contributed by atoms with Gasteiger partial charge in [-0.25, -0.2) is 0 Å². The van der Waals surface area contributed by atoms with E-state index in [1.807, 2.05) is 0 Å². The quantitative estimate of drug-likeness (QED) is 0.434. The minimum atomic E-state index is 0. The minimum absolute atomic E-state index is 0. The Kier molecular flexibility index (Phi) is 16.1. The van der Waals surface area contributed by atoms with E-state index in [4.69, 9.17) is 0 Å². The van der Waals surface area contributed by atoms with Crippen LogP contribution in [0.5, 0.6) is 0 Å². The van der Waals surface area contributed by atoms with Crippen molar-refractivity contribution in [2.75, 3.05) is 0 Å². The Balaban J connectivity index is 0. The number of unbranched alkanes of at least 4 members (excludes halogenated alkanes) is 2. The van der Waals surface area contributed by atoms with Crippen molar-refractivity contribution >= 4 is 6.29 Å². The number of carbonyl (C=O) groups excluding carboxylic acids is 1. The summed E-state index contributed by atoms with van der Waals surface area (Å²) in [5.74, 6) is 0.810. The predicted octanol–water partition coefficient (Wildman–Crippen LogP) is 3.96. The first kappa shape index (κ1) is 16.8. The third-order valence-electron chi connectivity index (χ3n) is 2.62. The van der Waals surface area contributed by atoms with E-state index in [1.165, 1.54) is 38.5 Å². The van der Waals surface area contributed by atoms with E-state index >= 15 is 0 Å². The van der Waals surface area contributed by atoms with Crippen LogP contribution in [0, 0.1) is 5.92 Å². The zero-order valence-corrected chi connectivity index (χ0v) is 11.3. The van der Waals surface area contributed by atoms with Gasteiger partial charge in [0.05, 0.1) is 0 Å². The van der Waals surface area contributed by atoms with Gasteiger partial charge in [0.1, 0.15) is 6.29 Å². The topological polar surface area (TPSA) is 17.1 Å². The first-order valence-corrected chi connectivity index (χ1v) is 5.78. The van der Waals surface area contributed by atoms with Gasteiger partial charge in [-0.05, 0) is 12.3 Å². The molecule has 0 unspecified atom stereocenters. The van der Waals surface area contributed by atoms with Gasteiger partial charge in [-0.1, -0.05) is 52.4 Å². The molecule has 0 aromatic heterocycles. The Morgan fingerprint density at radius 1 is 1.00 bits per heavy atom. The fourth-order valence-corrected chi connectivity index (χ4v) is 1.72. The molecule has 2 heteroatoms. The molecule has 0 aromatic rings. The molecule has 0 amide bonds. The Morgan fingerprint density at radius 3 is 1.86 bits per heavy atom. The monoisotopic (exact) mass is 232 g/mol. The minimum Gasteiger partial charge on any atom is -0.303 e. The third kappa shape index (κ3) is 10.5. The second-order valence-corrected chi connectivity index (χ2v) is 3.89. The van der Waals surface area contributed by atoms with Gasteiger partial charge in [0, 0.05) is 28.1 Å². The van der Waals surface area contributed by atoms with Crippen LogP contribution in [0.15, 0.2) is 0 Å². The largest absolute Gasteiger partial charge is 0.303 e. The van der Waals surface area contributed by atoms with Crippen LogP contribution in [-0.4, -0.2) is 6.29 Å².